The highest BCUT2D eigenvalue weighted by atomic mass is 19.1. The normalized spacial score (nSPS) is 16.0. The summed E-state index contributed by atoms with van der Waals surface area (Å²) in [6, 6.07) is 9.18. The summed E-state index contributed by atoms with van der Waals surface area (Å²) in [5, 5.41) is 20.6. The molecule has 1 aliphatic rings. The summed E-state index contributed by atoms with van der Waals surface area (Å²) in [5.74, 6) is -1.13. The Morgan fingerprint density at radius 1 is 0.981 bits per heavy atom. The number of benzene rings is 2. The molecule has 4 N–H and O–H groups in total. The second-order valence-electron chi connectivity index (χ2n) is 16.8. The van der Waals surface area contributed by atoms with Crippen LogP contribution in [0.25, 0.3) is 0 Å². The minimum absolute atomic E-state index is 0.0134. The van der Waals surface area contributed by atoms with Crippen molar-refractivity contribution in [1.82, 2.24) is 10.6 Å². The van der Waals surface area contributed by atoms with Gasteiger partial charge in [0.05, 0.1) is 24.4 Å². The fourth-order valence-electron chi connectivity index (χ4n) is 6.80. The van der Waals surface area contributed by atoms with E-state index >= 15 is 0 Å². The second kappa shape index (κ2) is 19.6. The van der Waals surface area contributed by atoms with E-state index in [-0.39, 0.29) is 66.6 Å². The average Bonchev–Trinajstić information content (AvgIpc) is 3.35. The lowest BCUT2D eigenvalue weighted by atomic mass is 9.81. The number of anilines is 1. The van der Waals surface area contributed by atoms with Gasteiger partial charge in [-0.25, -0.2) is 9.18 Å². The topological polar surface area (TPSA) is 135 Å². The lowest BCUT2D eigenvalue weighted by molar-refractivity contribution is -0.127. The molecule has 0 heterocycles. The van der Waals surface area contributed by atoms with Gasteiger partial charge in [-0.15, -0.1) is 0 Å². The summed E-state index contributed by atoms with van der Waals surface area (Å²) in [6.45, 7) is 18.8. The highest BCUT2D eigenvalue weighted by Crippen LogP contribution is 2.43. The van der Waals surface area contributed by atoms with E-state index in [1.807, 2.05) is 39.8 Å². The number of rotatable bonds is 19. The number of amides is 3. The van der Waals surface area contributed by atoms with E-state index in [1.54, 1.807) is 40.0 Å². The minimum atomic E-state index is -1.12. The van der Waals surface area contributed by atoms with Gasteiger partial charge < -0.3 is 35.3 Å². The second-order valence-corrected chi connectivity index (χ2v) is 16.8. The van der Waals surface area contributed by atoms with Gasteiger partial charge in [0.2, 0.25) is 11.8 Å². The lowest BCUT2D eigenvalue weighted by Gasteiger charge is -2.33. The first-order valence-electron chi connectivity index (χ1n) is 19.1. The zero-order valence-corrected chi connectivity index (χ0v) is 33.6. The number of carbonyl (C=O) groups excluding carboxylic acids is 3. The summed E-state index contributed by atoms with van der Waals surface area (Å²) in [7, 11) is 1.65. The van der Waals surface area contributed by atoms with Crippen molar-refractivity contribution >= 4 is 23.6 Å². The molecule has 3 rings (SSSR count). The number of halogens is 1. The van der Waals surface area contributed by atoms with E-state index < -0.39 is 29.8 Å². The smallest absolute Gasteiger partial charge is 0.407 e. The maximum Gasteiger partial charge on any atom is 0.407 e. The van der Waals surface area contributed by atoms with Crippen LogP contribution in [0.4, 0.5) is 14.9 Å². The van der Waals surface area contributed by atoms with Gasteiger partial charge in [-0.1, -0.05) is 53.7 Å². The molecule has 2 aromatic rings. The van der Waals surface area contributed by atoms with E-state index in [1.165, 1.54) is 23.3 Å². The lowest BCUT2D eigenvalue weighted by Crippen LogP contribution is -2.48. The molecule has 1 aliphatic carbocycles. The molecule has 0 bridgehead atoms. The third-order valence-electron chi connectivity index (χ3n) is 10.1. The average molecular weight is 742 g/mol. The first kappa shape index (κ1) is 43.7. The van der Waals surface area contributed by atoms with Crippen LogP contribution in [0.5, 0.6) is 5.75 Å². The molecule has 0 saturated carbocycles. The number of hydrogen-bond donors (Lipinski definition) is 4. The standard InChI is InChI=1S/C42H64FN3O7/c1-26(2)30(22-38(48)45-35-24-33-29(16-17-42(33,8)9)21-37(35)52-19-11-18-51-10)20-34(46-40(50)53-41(5,6)7)36(47)23-32(27(3)4)39(49)44-25-28-12-14-31(43)15-13-28/h12-15,21,24,26-27,30,32,34,36,47H,11,16-20,22-23,25H2,1-10H3,(H,44,49)(H,45,48)(H,46,50)/t30-,32+,34+,36+/m1/s1. The van der Waals surface area contributed by atoms with Gasteiger partial charge in [-0.05, 0) is 111 Å². The summed E-state index contributed by atoms with van der Waals surface area (Å²) in [4.78, 5) is 40.3. The molecule has 4 atom stereocenters. The van der Waals surface area contributed by atoms with Crippen LogP contribution in [-0.2, 0) is 37.4 Å². The molecular formula is C42H64FN3O7. The molecule has 0 spiro atoms. The molecule has 0 fully saturated rings. The van der Waals surface area contributed by atoms with E-state index in [2.05, 4.69) is 29.8 Å². The zero-order valence-electron chi connectivity index (χ0n) is 33.6. The van der Waals surface area contributed by atoms with E-state index in [4.69, 9.17) is 14.2 Å². The number of alkyl carbamates (subject to hydrolysis) is 1. The largest absolute Gasteiger partial charge is 0.491 e. The van der Waals surface area contributed by atoms with Crippen LogP contribution in [0.2, 0.25) is 0 Å². The maximum absolute atomic E-state index is 13.8. The van der Waals surface area contributed by atoms with Crippen molar-refractivity contribution in [3.05, 3.63) is 58.9 Å². The molecule has 11 heteroatoms. The van der Waals surface area contributed by atoms with E-state index in [9.17, 15) is 23.9 Å². The van der Waals surface area contributed by atoms with Crippen molar-refractivity contribution in [3.63, 3.8) is 0 Å². The summed E-state index contributed by atoms with van der Waals surface area (Å²) < 4.78 is 30.3. The summed E-state index contributed by atoms with van der Waals surface area (Å²) in [6.07, 6.45) is 1.33. The van der Waals surface area contributed by atoms with Crippen LogP contribution in [0.1, 0.15) is 111 Å². The van der Waals surface area contributed by atoms with Crippen molar-refractivity contribution in [1.29, 1.82) is 0 Å². The SMILES string of the molecule is COCCCOc1cc2c(cc1NC(=O)C[C@@H](C[C@H](NC(=O)OC(C)(C)C)[C@@H](O)C[C@H](C(=O)NCc1ccc(F)cc1)C(C)C)C(C)C)C(C)(C)CC2. The van der Waals surface area contributed by atoms with Crippen molar-refractivity contribution in [2.75, 3.05) is 25.6 Å². The number of methoxy groups -OCH3 is 1. The minimum Gasteiger partial charge on any atom is -0.491 e. The van der Waals surface area contributed by atoms with E-state index in [0.717, 1.165) is 18.4 Å². The molecule has 0 saturated heterocycles. The number of hydrogen-bond acceptors (Lipinski definition) is 7. The number of ether oxygens (including phenoxy) is 3. The summed E-state index contributed by atoms with van der Waals surface area (Å²) in [5.41, 5.74) is 3.00. The molecule has 53 heavy (non-hydrogen) atoms. The van der Waals surface area contributed by atoms with Gasteiger partial charge in [0.1, 0.15) is 17.2 Å². The van der Waals surface area contributed by atoms with Crippen LogP contribution in [0.15, 0.2) is 36.4 Å². The van der Waals surface area contributed by atoms with Gasteiger partial charge >= 0.3 is 6.09 Å². The van der Waals surface area contributed by atoms with Crippen LogP contribution >= 0.6 is 0 Å². The van der Waals surface area contributed by atoms with Gasteiger partial charge in [-0.3, -0.25) is 9.59 Å². The van der Waals surface area contributed by atoms with Crippen LogP contribution < -0.4 is 20.7 Å². The van der Waals surface area contributed by atoms with Crippen molar-refractivity contribution < 1.29 is 38.1 Å². The van der Waals surface area contributed by atoms with Crippen molar-refractivity contribution in [3.8, 4) is 5.75 Å². The predicted molar refractivity (Wildman–Crippen MR) is 206 cm³/mol. The summed E-state index contributed by atoms with van der Waals surface area (Å²) >= 11 is 0. The fourth-order valence-corrected chi connectivity index (χ4v) is 6.80. The Morgan fingerprint density at radius 2 is 1.66 bits per heavy atom. The Hall–Kier alpha value is -3.70. The van der Waals surface area contributed by atoms with E-state index in [0.29, 0.717) is 31.1 Å². The molecule has 0 radical (unpaired) electrons. The molecular weight excluding hydrogens is 677 g/mol. The highest BCUT2D eigenvalue weighted by molar-refractivity contribution is 5.93. The molecule has 10 nitrogen and oxygen atoms in total. The molecule has 0 aromatic heterocycles. The van der Waals surface area contributed by atoms with Crippen molar-refractivity contribution in [2.45, 2.75) is 131 Å². The number of aliphatic hydroxyl groups excluding tert-OH is 1. The number of aliphatic hydroxyl groups is 1. The maximum atomic E-state index is 13.8. The molecule has 0 unspecified atom stereocenters. The zero-order chi connectivity index (χ0) is 39.5. The predicted octanol–water partition coefficient (Wildman–Crippen LogP) is 7.69. The van der Waals surface area contributed by atoms with Crippen LogP contribution in [0.3, 0.4) is 0 Å². The van der Waals surface area contributed by atoms with Gasteiger partial charge in [0.25, 0.3) is 0 Å². The Balaban J connectivity index is 1.80. The van der Waals surface area contributed by atoms with Crippen LogP contribution in [0, 0.1) is 29.5 Å². The van der Waals surface area contributed by atoms with Gasteiger partial charge in [0.15, 0.2) is 0 Å². The Bertz CT molecular complexity index is 1500. The first-order valence-corrected chi connectivity index (χ1v) is 19.1. The number of carbonyl (C=O) groups is 3. The molecule has 296 valence electrons. The molecule has 0 aliphatic heterocycles. The third-order valence-corrected chi connectivity index (χ3v) is 10.1. The fraction of sp³-hybridized carbons (Fsp3) is 0.643. The number of fused-ring (bicyclic) bond motifs is 1. The first-order chi connectivity index (χ1) is 24.8. The quantitative estimate of drug-likeness (QED) is 0.109. The number of aryl methyl sites for hydroxylation is 1. The van der Waals surface area contributed by atoms with Gasteiger partial charge in [0, 0.05) is 39.0 Å². The number of nitrogens with one attached hydrogen (secondary N) is 3. The molecule has 3 amide bonds. The Labute approximate surface area is 316 Å². The molecule has 2 aromatic carbocycles. The Kier molecular flexibility index (Phi) is 16.1. The van der Waals surface area contributed by atoms with Crippen molar-refractivity contribution in [2.24, 2.45) is 23.7 Å². The van der Waals surface area contributed by atoms with Crippen LogP contribution in [-0.4, -0.2) is 61.1 Å². The van der Waals surface area contributed by atoms with Gasteiger partial charge in [-0.2, -0.15) is 0 Å². The highest BCUT2D eigenvalue weighted by Gasteiger charge is 2.35. The Morgan fingerprint density at radius 3 is 2.26 bits per heavy atom. The third kappa shape index (κ3) is 13.9. The monoisotopic (exact) mass is 741 g/mol.